The SMILES string of the molecule is Fc1cc(F)c(F)c(-c2ccc(C(F)(F)F)cc2)c1. The van der Waals surface area contributed by atoms with E-state index in [9.17, 15) is 26.3 Å². The van der Waals surface area contributed by atoms with Gasteiger partial charge in [0.25, 0.3) is 0 Å². The van der Waals surface area contributed by atoms with Crippen LogP contribution in [-0.2, 0) is 6.18 Å². The molecule has 0 aliphatic carbocycles. The summed E-state index contributed by atoms with van der Waals surface area (Å²) < 4.78 is 76.4. The lowest BCUT2D eigenvalue weighted by molar-refractivity contribution is -0.137. The van der Waals surface area contributed by atoms with Crippen molar-refractivity contribution >= 4 is 0 Å². The van der Waals surface area contributed by atoms with Crippen molar-refractivity contribution in [2.24, 2.45) is 0 Å². The molecule has 0 radical (unpaired) electrons. The van der Waals surface area contributed by atoms with Crippen LogP contribution in [0.15, 0.2) is 36.4 Å². The van der Waals surface area contributed by atoms with Crippen molar-refractivity contribution in [1.29, 1.82) is 0 Å². The van der Waals surface area contributed by atoms with E-state index in [-0.39, 0.29) is 5.56 Å². The van der Waals surface area contributed by atoms with Crippen molar-refractivity contribution in [2.45, 2.75) is 6.18 Å². The summed E-state index contributed by atoms with van der Waals surface area (Å²) in [6.07, 6.45) is -4.52. The van der Waals surface area contributed by atoms with Crippen LogP contribution < -0.4 is 0 Å². The third-order valence-electron chi connectivity index (χ3n) is 2.52. The molecule has 0 bridgehead atoms. The van der Waals surface area contributed by atoms with E-state index < -0.39 is 34.8 Å². The summed E-state index contributed by atoms with van der Waals surface area (Å²) in [7, 11) is 0. The third kappa shape index (κ3) is 2.72. The molecule has 0 unspecified atom stereocenters. The molecule has 0 saturated heterocycles. The van der Waals surface area contributed by atoms with Gasteiger partial charge in [0.2, 0.25) is 0 Å². The van der Waals surface area contributed by atoms with Gasteiger partial charge in [0, 0.05) is 11.6 Å². The molecule has 19 heavy (non-hydrogen) atoms. The summed E-state index contributed by atoms with van der Waals surface area (Å²) in [5.41, 5.74) is -1.39. The Balaban J connectivity index is 2.49. The predicted octanol–water partition coefficient (Wildman–Crippen LogP) is 4.79. The molecule has 0 aliphatic rings. The minimum absolute atomic E-state index is 0.0381. The molecule has 0 atom stereocenters. The minimum Gasteiger partial charge on any atom is -0.207 e. The van der Waals surface area contributed by atoms with Crippen LogP contribution in [-0.4, -0.2) is 0 Å². The highest BCUT2D eigenvalue weighted by Crippen LogP contribution is 2.32. The van der Waals surface area contributed by atoms with Gasteiger partial charge in [-0.2, -0.15) is 13.2 Å². The number of alkyl halides is 3. The second-order valence-corrected chi connectivity index (χ2v) is 3.82. The Morgan fingerprint density at radius 2 is 1.37 bits per heavy atom. The van der Waals surface area contributed by atoms with E-state index in [1.165, 1.54) is 0 Å². The van der Waals surface area contributed by atoms with E-state index in [1.54, 1.807) is 0 Å². The van der Waals surface area contributed by atoms with Crippen LogP contribution in [0.25, 0.3) is 11.1 Å². The lowest BCUT2D eigenvalue weighted by Gasteiger charge is -2.08. The Hall–Kier alpha value is -1.98. The fraction of sp³-hybridized carbons (Fsp3) is 0.0769. The van der Waals surface area contributed by atoms with Gasteiger partial charge in [-0.3, -0.25) is 0 Å². The number of halogens is 6. The maximum Gasteiger partial charge on any atom is 0.416 e. The first kappa shape index (κ1) is 13.5. The highest BCUT2D eigenvalue weighted by Gasteiger charge is 2.30. The highest BCUT2D eigenvalue weighted by atomic mass is 19.4. The van der Waals surface area contributed by atoms with E-state index in [2.05, 4.69) is 0 Å². The first-order valence-corrected chi connectivity index (χ1v) is 5.11. The summed E-state index contributed by atoms with van der Waals surface area (Å²) in [6, 6.07) is 4.44. The van der Waals surface area contributed by atoms with Gasteiger partial charge >= 0.3 is 6.18 Å². The molecule has 0 N–H and O–H groups in total. The molecule has 0 saturated carbocycles. The molecule has 0 aliphatic heterocycles. The number of hydrogen-bond donors (Lipinski definition) is 0. The Bertz CT molecular complexity index is 598. The van der Waals surface area contributed by atoms with Crippen LogP contribution in [0.4, 0.5) is 26.3 Å². The molecule has 0 nitrogen and oxygen atoms in total. The number of benzene rings is 2. The first-order chi connectivity index (χ1) is 8.79. The Morgan fingerprint density at radius 3 is 1.89 bits per heavy atom. The van der Waals surface area contributed by atoms with Gasteiger partial charge < -0.3 is 0 Å². The maximum absolute atomic E-state index is 13.4. The van der Waals surface area contributed by atoms with Crippen LogP contribution in [0.2, 0.25) is 0 Å². The quantitative estimate of drug-likeness (QED) is 0.519. The van der Waals surface area contributed by atoms with Gasteiger partial charge in [0.05, 0.1) is 5.56 Å². The van der Waals surface area contributed by atoms with Crippen LogP contribution in [0, 0.1) is 17.5 Å². The molecule has 6 heteroatoms. The van der Waals surface area contributed by atoms with Crippen LogP contribution in [0.1, 0.15) is 5.56 Å². The van der Waals surface area contributed by atoms with E-state index in [0.717, 1.165) is 30.3 Å². The lowest BCUT2D eigenvalue weighted by atomic mass is 10.0. The molecule has 0 spiro atoms. The van der Waals surface area contributed by atoms with E-state index in [4.69, 9.17) is 0 Å². The van der Waals surface area contributed by atoms with E-state index in [1.807, 2.05) is 0 Å². The predicted molar refractivity (Wildman–Crippen MR) is 56.8 cm³/mol. The third-order valence-corrected chi connectivity index (χ3v) is 2.52. The maximum atomic E-state index is 13.4. The summed E-state index contributed by atoms with van der Waals surface area (Å²) >= 11 is 0. The van der Waals surface area contributed by atoms with Gasteiger partial charge in [-0.15, -0.1) is 0 Å². The molecule has 0 fully saturated rings. The summed E-state index contributed by atoms with van der Waals surface area (Å²) in [5.74, 6) is -3.70. The zero-order valence-electron chi connectivity index (χ0n) is 9.23. The second-order valence-electron chi connectivity index (χ2n) is 3.82. The average Bonchev–Trinajstić information content (AvgIpc) is 2.33. The average molecular weight is 276 g/mol. The zero-order valence-corrected chi connectivity index (χ0v) is 9.23. The van der Waals surface area contributed by atoms with E-state index in [0.29, 0.717) is 6.07 Å². The Kier molecular flexibility index (Phi) is 3.26. The highest BCUT2D eigenvalue weighted by molar-refractivity contribution is 5.64. The van der Waals surface area contributed by atoms with Gasteiger partial charge in [0.15, 0.2) is 11.6 Å². The topological polar surface area (TPSA) is 0 Å². The van der Waals surface area contributed by atoms with Crippen molar-refractivity contribution in [1.82, 2.24) is 0 Å². The molecule has 0 aromatic heterocycles. The minimum atomic E-state index is -4.52. The summed E-state index contributed by atoms with van der Waals surface area (Å²) in [6.45, 7) is 0. The van der Waals surface area contributed by atoms with Crippen LogP contribution in [0.5, 0.6) is 0 Å². The normalized spacial score (nSPS) is 11.7. The van der Waals surface area contributed by atoms with Crippen molar-refractivity contribution in [3.8, 4) is 11.1 Å². The summed E-state index contributed by atoms with van der Waals surface area (Å²) in [5, 5.41) is 0. The fourth-order valence-electron chi connectivity index (χ4n) is 1.60. The molecule has 100 valence electrons. The molecule has 2 aromatic rings. The van der Waals surface area contributed by atoms with Crippen molar-refractivity contribution in [3.63, 3.8) is 0 Å². The Morgan fingerprint density at radius 1 is 0.789 bits per heavy atom. The standard InChI is InChI=1S/C13H6F6/c14-9-5-10(12(16)11(15)6-9)7-1-3-8(4-2-7)13(17,18)19/h1-6H. The molecule has 2 aromatic carbocycles. The molecular formula is C13H6F6. The zero-order chi connectivity index (χ0) is 14.2. The van der Waals surface area contributed by atoms with Crippen molar-refractivity contribution in [2.75, 3.05) is 0 Å². The lowest BCUT2D eigenvalue weighted by Crippen LogP contribution is -2.04. The number of hydrogen-bond acceptors (Lipinski definition) is 0. The molecule has 0 amide bonds. The largest absolute Gasteiger partial charge is 0.416 e. The van der Waals surface area contributed by atoms with Gasteiger partial charge in [-0.25, -0.2) is 13.2 Å². The molecular weight excluding hydrogens is 270 g/mol. The smallest absolute Gasteiger partial charge is 0.207 e. The molecule has 0 heterocycles. The molecule has 2 rings (SSSR count). The van der Waals surface area contributed by atoms with Crippen LogP contribution >= 0.6 is 0 Å². The van der Waals surface area contributed by atoms with Crippen molar-refractivity contribution in [3.05, 3.63) is 59.4 Å². The summed E-state index contributed by atoms with van der Waals surface area (Å²) in [4.78, 5) is 0. The number of rotatable bonds is 1. The van der Waals surface area contributed by atoms with Crippen molar-refractivity contribution < 1.29 is 26.3 Å². The Labute approximate surface area is 104 Å². The van der Waals surface area contributed by atoms with Gasteiger partial charge in [-0.05, 0) is 23.8 Å². The van der Waals surface area contributed by atoms with E-state index >= 15 is 0 Å². The van der Waals surface area contributed by atoms with Crippen LogP contribution in [0.3, 0.4) is 0 Å². The fourth-order valence-corrected chi connectivity index (χ4v) is 1.60. The first-order valence-electron chi connectivity index (χ1n) is 5.11. The second kappa shape index (κ2) is 4.60. The van der Waals surface area contributed by atoms with Gasteiger partial charge in [0.1, 0.15) is 5.82 Å². The monoisotopic (exact) mass is 276 g/mol. The van der Waals surface area contributed by atoms with Gasteiger partial charge in [-0.1, -0.05) is 12.1 Å².